The summed E-state index contributed by atoms with van der Waals surface area (Å²) in [5, 5.41) is 0. The first-order chi connectivity index (χ1) is 7.77. The number of carbonyl (C=O) groups excluding carboxylic acids is 1. The first-order valence-electron chi connectivity index (χ1n) is 5.27. The number of hydrogen-bond donors (Lipinski definition) is 0. The Bertz CT molecular complexity index is 310. The summed E-state index contributed by atoms with van der Waals surface area (Å²) >= 11 is 0. The minimum atomic E-state index is -0.993. The number of rotatable bonds is 6. The van der Waals surface area contributed by atoms with Crippen LogP contribution in [-0.2, 0) is 14.3 Å². The lowest BCUT2D eigenvalue weighted by Crippen LogP contribution is -2.32. The molecule has 0 aliphatic carbocycles. The van der Waals surface area contributed by atoms with Crippen molar-refractivity contribution in [2.24, 2.45) is 0 Å². The van der Waals surface area contributed by atoms with E-state index in [1.807, 2.05) is 18.2 Å². The van der Waals surface area contributed by atoms with Gasteiger partial charge in [0.05, 0.1) is 6.61 Å². The van der Waals surface area contributed by atoms with Crippen LogP contribution in [0.1, 0.15) is 13.8 Å². The average Bonchev–Trinajstić information content (AvgIpc) is 2.30. The fraction of sp³-hybridized carbons (Fsp3) is 0.417. The summed E-state index contributed by atoms with van der Waals surface area (Å²) < 4.78 is 15.4. The highest BCUT2D eigenvalue weighted by atomic mass is 16.7. The second-order valence-corrected chi connectivity index (χ2v) is 2.97. The highest BCUT2D eigenvalue weighted by Gasteiger charge is 2.21. The van der Waals surface area contributed by atoms with E-state index in [0.29, 0.717) is 19.0 Å². The molecule has 0 aliphatic rings. The topological polar surface area (TPSA) is 44.8 Å². The number of ether oxygens (including phenoxy) is 3. The van der Waals surface area contributed by atoms with Crippen LogP contribution in [0.4, 0.5) is 0 Å². The first kappa shape index (κ1) is 12.5. The van der Waals surface area contributed by atoms with Crippen molar-refractivity contribution in [3.63, 3.8) is 0 Å². The van der Waals surface area contributed by atoms with Crippen LogP contribution >= 0.6 is 0 Å². The van der Waals surface area contributed by atoms with Gasteiger partial charge in [-0.25, -0.2) is 4.79 Å². The Morgan fingerprint density at radius 1 is 1.19 bits per heavy atom. The van der Waals surface area contributed by atoms with Crippen molar-refractivity contribution in [3.05, 3.63) is 30.3 Å². The van der Waals surface area contributed by atoms with Gasteiger partial charge in [-0.3, -0.25) is 0 Å². The third kappa shape index (κ3) is 3.90. The predicted molar refractivity (Wildman–Crippen MR) is 59.1 cm³/mol. The van der Waals surface area contributed by atoms with Gasteiger partial charge in [0.15, 0.2) is 0 Å². The molecule has 4 nitrogen and oxygen atoms in total. The Balaban J connectivity index is 2.60. The largest absolute Gasteiger partial charge is 0.461 e. The van der Waals surface area contributed by atoms with E-state index in [1.165, 1.54) is 0 Å². The molecule has 0 N–H and O–H groups in total. The molecule has 0 heterocycles. The van der Waals surface area contributed by atoms with Gasteiger partial charge in [0.1, 0.15) is 5.75 Å². The maximum atomic E-state index is 11.5. The van der Waals surface area contributed by atoms with Gasteiger partial charge >= 0.3 is 5.97 Å². The summed E-state index contributed by atoms with van der Waals surface area (Å²) in [4.78, 5) is 11.5. The lowest BCUT2D eigenvalue weighted by atomic mass is 10.3. The van der Waals surface area contributed by atoms with Crippen molar-refractivity contribution in [2.75, 3.05) is 13.2 Å². The Morgan fingerprint density at radius 3 is 2.44 bits per heavy atom. The second kappa shape index (κ2) is 6.85. The minimum absolute atomic E-state index is 0.306. The molecule has 1 aromatic carbocycles. The quantitative estimate of drug-likeness (QED) is 0.547. The maximum absolute atomic E-state index is 11.5. The Hall–Kier alpha value is -1.55. The first-order valence-corrected chi connectivity index (χ1v) is 5.27. The molecule has 0 bridgehead atoms. The summed E-state index contributed by atoms with van der Waals surface area (Å²) in [6, 6.07) is 9.02. The van der Waals surface area contributed by atoms with Crippen molar-refractivity contribution >= 4 is 5.97 Å². The number of hydrogen-bond acceptors (Lipinski definition) is 4. The molecule has 0 spiro atoms. The average molecular weight is 224 g/mol. The molecule has 1 rings (SSSR count). The summed E-state index contributed by atoms with van der Waals surface area (Å²) in [7, 11) is 0. The Kier molecular flexibility index (Phi) is 5.36. The molecule has 0 saturated heterocycles. The monoisotopic (exact) mass is 224 g/mol. The predicted octanol–water partition coefficient (Wildman–Crippen LogP) is 1.99. The smallest absolute Gasteiger partial charge is 0.376 e. The van der Waals surface area contributed by atoms with Gasteiger partial charge in [-0.05, 0) is 26.0 Å². The Morgan fingerprint density at radius 2 is 1.88 bits per heavy atom. The van der Waals surface area contributed by atoms with E-state index >= 15 is 0 Å². The van der Waals surface area contributed by atoms with E-state index < -0.39 is 12.3 Å². The van der Waals surface area contributed by atoms with Crippen LogP contribution < -0.4 is 4.74 Å². The summed E-state index contributed by atoms with van der Waals surface area (Å²) in [6.07, 6.45) is -0.993. The highest BCUT2D eigenvalue weighted by Crippen LogP contribution is 2.12. The number of carbonyl (C=O) groups is 1. The third-order valence-corrected chi connectivity index (χ3v) is 1.78. The number of para-hydroxylation sites is 1. The van der Waals surface area contributed by atoms with Gasteiger partial charge in [-0.2, -0.15) is 0 Å². The number of esters is 1. The van der Waals surface area contributed by atoms with Gasteiger partial charge in [0, 0.05) is 6.61 Å². The van der Waals surface area contributed by atoms with Crippen LogP contribution in [0.2, 0.25) is 0 Å². The molecule has 1 aromatic rings. The van der Waals surface area contributed by atoms with Gasteiger partial charge in [0.2, 0.25) is 0 Å². The molecule has 1 unspecified atom stereocenters. The maximum Gasteiger partial charge on any atom is 0.376 e. The van der Waals surface area contributed by atoms with Crippen LogP contribution in [-0.4, -0.2) is 25.5 Å². The van der Waals surface area contributed by atoms with E-state index in [9.17, 15) is 4.79 Å². The zero-order chi connectivity index (χ0) is 11.8. The molecule has 88 valence electrons. The SMILES string of the molecule is CCOC(=O)C(OCC)Oc1ccccc1. The van der Waals surface area contributed by atoms with Gasteiger partial charge in [0.25, 0.3) is 6.29 Å². The molecule has 1 atom stereocenters. The van der Waals surface area contributed by atoms with Crippen LogP contribution in [0.3, 0.4) is 0 Å². The van der Waals surface area contributed by atoms with E-state index in [-0.39, 0.29) is 0 Å². The molecule has 0 fully saturated rings. The van der Waals surface area contributed by atoms with Crippen LogP contribution in [0.25, 0.3) is 0 Å². The second-order valence-electron chi connectivity index (χ2n) is 2.97. The van der Waals surface area contributed by atoms with Gasteiger partial charge in [-0.15, -0.1) is 0 Å². The molecule has 0 amide bonds. The van der Waals surface area contributed by atoms with Crippen LogP contribution in [0.5, 0.6) is 5.75 Å². The highest BCUT2D eigenvalue weighted by molar-refractivity contribution is 5.73. The van der Waals surface area contributed by atoms with E-state index in [2.05, 4.69) is 0 Å². The molecular formula is C12H16O4. The molecular weight excluding hydrogens is 208 g/mol. The van der Waals surface area contributed by atoms with Crippen molar-refractivity contribution in [1.82, 2.24) is 0 Å². The lowest BCUT2D eigenvalue weighted by molar-refractivity contribution is -0.176. The normalized spacial score (nSPS) is 11.9. The van der Waals surface area contributed by atoms with E-state index in [0.717, 1.165) is 0 Å². The molecule has 0 saturated carbocycles. The molecule has 0 aromatic heterocycles. The Labute approximate surface area is 95.1 Å². The fourth-order valence-corrected chi connectivity index (χ4v) is 1.13. The third-order valence-electron chi connectivity index (χ3n) is 1.78. The molecule has 16 heavy (non-hydrogen) atoms. The number of benzene rings is 1. The summed E-state index contributed by atoms with van der Waals surface area (Å²) in [6.45, 7) is 4.22. The van der Waals surface area contributed by atoms with E-state index in [1.54, 1.807) is 26.0 Å². The van der Waals surface area contributed by atoms with Crippen molar-refractivity contribution in [1.29, 1.82) is 0 Å². The van der Waals surface area contributed by atoms with Gasteiger partial charge < -0.3 is 14.2 Å². The fourth-order valence-electron chi connectivity index (χ4n) is 1.13. The van der Waals surface area contributed by atoms with Crippen LogP contribution in [0.15, 0.2) is 30.3 Å². The lowest BCUT2D eigenvalue weighted by Gasteiger charge is -2.16. The van der Waals surface area contributed by atoms with Crippen LogP contribution in [0, 0.1) is 0 Å². The standard InChI is InChI=1S/C12H16O4/c1-3-14-11(13)12(15-4-2)16-10-8-6-5-7-9-10/h5-9,12H,3-4H2,1-2H3. The van der Waals surface area contributed by atoms with Crippen molar-refractivity contribution < 1.29 is 19.0 Å². The summed E-state index contributed by atoms with van der Waals surface area (Å²) in [5.74, 6) is 0.0715. The van der Waals surface area contributed by atoms with Gasteiger partial charge in [-0.1, -0.05) is 18.2 Å². The van der Waals surface area contributed by atoms with E-state index in [4.69, 9.17) is 14.2 Å². The zero-order valence-electron chi connectivity index (χ0n) is 9.51. The van der Waals surface area contributed by atoms with Crippen molar-refractivity contribution in [3.8, 4) is 5.75 Å². The zero-order valence-corrected chi connectivity index (χ0v) is 9.51. The summed E-state index contributed by atoms with van der Waals surface area (Å²) in [5.41, 5.74) is 0. The molecule has 0 aliphatic heterocycles. The minimum Gasteiger partial charge on any atom is -0.461 e. The van der Waals surface area contributed by atoms with Crippen molar-refractivity contribution in [2.45, 2.75) is 20.1 Å². The molecule has 4 heteroatoms. The molecule has 0 radical (unpaired) electrons.